The maximum absolute atomic E-state index is 7.15. The number of amidine groups is 2. The van der Waals surface area contributed by atoms with Gasteiger partial charge in [-0.15, -0.1) is 23.5 Å². The lowest BCUT2D eigenvalue weighted by Gasteiger charge is -2.25. The summed E-state index contributed by atoms with van der Waals surface area (Å²) >= 11 is 6.39. The van der Waals surface area contributed by atoms with Crippen LogP contribution in [0, 0.1) is 10.8 Å². The van der Waals surface area contributed by atoms with E-state index in [4.69, 9.17) is 22.3 Å². The van der Waals surface area contributed by atoms with E-state index in [2.05, 4.69) is 0 Å². The Morgan fingerprint density at radius 1 is 1.00 bits per heavy atom. The molecular formula is C6H12N4S4. The average molecular weight is 268 g/mol. The summed E-state index contributed by atoms with van der Waals surface area (Å²) in [6.45, 7) is 0. The first-order valence-electron chi connectivity index (χ1n) is 3.82. The van der Waals surface area contributed by atoms with Crippen molar-refractivity contribution in [2.45, 2.75) is 9.16 Å². The molecule has 2 atom stereocenters. The highest BCUT2D eigenvalue weighted by atomic mass is 32.2. The Bertz CT molecular complexity index is 202. The van der Waals surface area contributed by atoms with Crippen LogP contribution in [0.4, 0.5) is 0 Å². The molecule has 80 valence electrons. The molecule has 0 saturated carbocycles. The van der Waals surface area contributed by atoms with Gasteiger partial charge in [-0.2, -0.15) is 0 Å². The van der Waals surface area contributed by atoms with Crippen LogP contribution in [-0.4, -0.2) is 31.0 Å². The van der Waals surface area contributed by atoms with Gasteiger partial charge in [0, 0.05) is 11.5 Å². The number of hydrogen-bond acceptors (Lipinski definition) is 6. The van der Waals surface area contributed by atoms with E-state index in [0.29, 0.717) is 9.16 Å². The third kappa shape index (κ3) is 4.72. The summed E-state index contributed by atoms with van der Waals surface area (Å²) in [4.78, 5) is 0. The van der Waals surface area contributed by atoms with E-state index in [9.17, 15) is 0 Å². The summed E-state index contributed by atoms with van der Waals surface area (Å²) in [6.07, 6.45) is 0. The van der Waals surface area contributed by atoms with Crippen LogP contribution in [0.2, 0.25) is 0 Å². The van der Waals surface area contributed by atoms with Crippen molar-refractivity contribution < 1.29 is 0 Å². The second kappa shape index (κ2) is 6.04. The molecule has 0 spiro atoms. The minimum Gasteiger partial charge on any atom is -0.379 e. The van der Waals surface area contributed by atoms with Gasteiger partial charge in [-0.1, -0.05) is 23.5 Å². The third-order valence-corrected chi connectivity index (χ3v) is 7.09. The van der Waals surface area contributed by atoms with Crippen LogP contribution in [-0.2, 0) is 0 Å². The monoisotopic (exact) mass is 268 g/mol. The molecule has 0 amide bonds. The Balaban J connectivity index is 2.24. The van der Waals surface area contributed by atoms with Gasteiger partial charge in [0.1, 0.15) is 0 Å². The van der Waals surface area contributed by atoms with E-state index >= 15 is 0 Å². The molecule has 1 aliphatic rings. The Kier molecular flexibility index (Phi) is 5.35. The topological polar surface area (TPSA) is 99.7 Å². The second-order valence-electron chi connectivity index (χ2n) is 2.49. The van der Waals surface area contributed by atoms with Gasteiger partial charge in [-0.25, -0.2) is 0 Å². The zero-order valence-electron chi connectivity index (χ0n) is 7.36. The van der Waals surface area contributed by atoms with E-state index in [1.165, 1.54) is 23.5 Å². The van der Waals surface area contributed by atoms with Crippen LogP contribution < -0.4 is 11.5 Å². The van der Waals surface area contributed by atoms with Crippen LogP contribution in [0.1, 0.15) is 0 Å². The fourth-order valence-corrected chi connectivity index (χ4v) is 6.09. The van der Waals surface area contributed by atoms with Crippen molar-refractivity contribution in [3.05, 3.63) is 0 Å². The van der Waals surface area contributed by atoms with E-state index in [0.717, 1.165) is 11.5 Å². The average Bonchev–Trinajstić information content (AvgIpc) is 2.06. The summed E-state index contributed by atoms with van der Waals surface area (Å²) in [7, 11) is 0. The molecule has 0 aliphatic carbocycles. The highest BCUT2D eigenvalue weighted by Crippen LogP contribution is 2.39. The highest BCUT2D eigenvalue weighted by Gasteiger charge is 2.24. The number of hydrogen-bond donors (Lipinski definition) is 4. The van der Waals surface area contributed by atoms with Crippen molar-refractivity contribution in [1.82, 2.24) is 0 Å². The lowest BCUT2D eigenvalue weighted by atomic mass is 10.9. The van der Waals surface area contributed by atoms with Crippen molar-refractivity contribution in [2.75, 3.05) is 11.5 Å². The third-order valence-electron chi connectivity index (χ3n) is 1.35. The molecule has 2 unspecified atom stereocenters. The number of nitrogens with one attached hydrogen (secondary N) is 2. The van der Waals surface area contributed by atoms with E-state index in [-0.39, 0.29) is 10.3 Å². The molecule has 1 heterocycles. The molecule has 1 aliphatic heterocycles. The highest BCUT2D eigenvalue weighted by molar-refractivity contribution is 8.30. The van der Waals surface area contributed by atoms with Crippen LogP contribution in [0.3, 0.4) is 0 Å². The lowest BCUT2D eigenvalue weighted by molar-refractivity contribution is 1.33. The van der Waals surface area contributed by atoms with Gasteiger partial charge in [0.05, 0.1) is 9.16 Å². The zero-order chi connectivity index (χ0) is 10.6. The molecule has 14 heavy (non-hydrogen) atoms. The Morgan fingerprint density at radius 3 is 1.57 bits per heavy atom. The fourth-order valence-electron chi connectivity index (χ4n) is 0.887. The van der Waals surface area contributed by atoms with Crippen LogP contribution in [0.25, 0.3) is 0 Å². The van der Waals surface area contributed by atoms with Gasteiger partial charge in [-0.05, 0) is 0 Å². The van der Waals surface area contributed by atoms with Crippen molar-refractivity contribution in [1.29, 1.82) is 10.8 Å². The molecule has 8 heteroatoms. The van der Waals surface area contributed by atoms with E-state index in [1.807, 2.05) is 0 Å². The maximum atomic E-state index is 7.15. The largest absolute Gasteiger partial charge is 0.379 e. The Morgan fingerprint density at radius 2 is 1.36 bits per heavy atom. The van der Waals surface area contributed by atoms with Crippen molar-refractivity contribution in [3.8, 4) is 0 Å². The van der Waals surface area contributed by atoms with Gasteiger partial charge in [-0.3, -0.25) is 10.8 Å². The smallest absolute Gasteiger partial charge is 0.152 e. The summed E-state index contributed by atoms with van der Waals surface area (Å²) in [6, 6.07) is 0. The van der Waals surface area contributed by atoms with Crippen LogP contribution in [0.5, 0.6) is 0 Å². The molecule has 4 nitrogen and oxygen atoms in total. The molecule has 0 aromatic heterocycles. The fraction of sp³-hybridized carbons (Fsp3) is 0.667. The van der Waals surface area contributed by atoms with E-state index in [1.54, 1.807) is 23.5 Å². The van der Waals surface area contributed by atoms with Gasteiger partial charge >= 0.3 is 0 Å². The van der Waals surface area contributed by atoms with Crippen molar-refractivity contribution >= 4 is 57.4 Å². The summed E-state index contributed by atoms with van der Waals surface area (Å²) in [5.41, 5.74) is 10.6. The van der Waals surface area contributed by atoms with Crippen LogP contribution >= 0.6 is 47.0 Å². The molecule has 0 bridgehead atoms. The SMILES string of the molecule is N=C(N)SC1CSC(SC(=N)N)CS1. The lowest BCUT2D eigenvalue weighted by Crippen LogP contribution is -2.22. The normalized spacial score (nSPS) is 27.1. The standard InChI is InChI=1S/C6H12N4S4/c7-5(8)13-3-1-11-4(2-12-3)14-6(9)10/h3-4H,1-2H2,(H3,7,8)(H3,9,10). The predicted molar refractivity (Wildman–Crippen MR) is 71.5 cm³/mol. The Labute approximate surface area is 100 Å². The first-order chi connectivity index (χ1) is 6.58. The minimum atomic E-state index is 0.181. The van der Waals surface area contributed by atoms with E-state index < -0.39 is 0 Å². The zero-order valence-corrected chi connectivity index (χ0v) is 10.6. The molecule has 6 N–H and O–H groups in total. The molecule has 1 rings (SSSR count). The van der Waals surface area contributed by atoms with Crippen molar-refractivity contribution in [3.63, 3.8) is 0 Å². The summed E-state index contributed by atoms with van der Waals surface area (Å²) in [5.74, 6) is 1.92. The predicted octanol–water partition coefficient (Wildman–Crippen LogP) is 1.37. The first kappa shape index (κ1) is 12.4. The second-order valence-corrected chi connectivity index (χ2v) is 8.05. The molecule has 1 saturated heterocycles. The number of rotatable bonds is 2. The van der Waals surface area contributed by atoms with Crippen molar-refractivity contribution in [2.24, 2.45) is 11.5 Å². The molecule has 0 aromatic carbocycles. The number of nitrogens with two attached hydrogens (primary N) is 2. The molecular weight excluding hydrogens is 256 g/mol. The first-order valence-corrected chi connectivity index (χ1v) is 7.68. The van der Waals surface area contributed by atoms with Gasteiger partial charge in [0.25, 0.3) is 0 Å². The van der Waals surface area contributed by atoms with Gasteiger partial charge < -0.3 is 11.5 Å². The van der Waals surface area contributed by atoms with Gasteiger partial charge in [0.2, 0.25) is 0 Å². The maximum Gasteiger partial charge on any atom is 0.152 e. The van der Waals surface area contributed by atoms with Crippen LogP contribution in [0.15, 0.2) is 0 Å². The van der Waals surface area contributed by atoms with Gasteiger partial charge in [0.15, 0.2) is 10.3 Å². The molecule has 1 fully saturated rings. The molecule has 0 radical (unpaired) electrons. The number of thioether (sulfide) groups is 4. The summed E-state index contributed by atoms with van der Waals surface area (Å²) in [5, 5.41) is 14.7. The minimum absolute atomic E-state index is 0.181. The quantitative estimate of drug-likeness (QED) is 0.446. The molecule has 0 aromatic rings. The summed E-state index contributed by atoms with van der Waals surface area (Å²) < 4.78 is 0.752. The Hall–Kier alpha value is 0.340.